The average molecular weight is 252 g/mol. The Morgan fingerprint density at radius 2 is 2.47 bits per heavy atom. The normalized spacial score (nSPS) is 22.5. The van der Waals surface area contributed by atoms with Crippen LogP contribution in [-0.2, 0) is 6.42 Å². The Hall–Kier alpha value is -0.380. The number of hydrogen-bond acceptors (Lipinski definition) is 3. The van der Waals surface area contributed by atoms with Crippen molar-refractivity contribution < 1.29 is 0 Å². The summed E-state index contributed by atoms with van der Waals surface area (Å²) in [7, 11) is 0. The van der Waals surface area contributed by atoms with E-state index >= 15 is 0 Å². The predicted octanol–water partition coefficient (Wildman–Crippen LogP) is 2.80. The van der Waals surface area contributed by atoms with Gasteiger partial charge < -0.3 is 10.6 Å². The second kappa shape index (κ2) is 7.14. The molecule has 0 spiro atoms. The lowest BCUT2D eigenvalue weighted by Crippen LogP contribution is -2.40. The highest BCUT2D eigenvalue weighted by molar-refractivity contribution is 7.07. The van der Waals surface area contributed by atoms with E-state index in [1.54, 1.807) is 11.3 Å². The topological polar surface area (TPSA) is 24.1 Å². The second-order valence-electron chi connectivity index (χ2n) is 5.12. The first-order valence-electron chi connectivity index (χ1n) is 6.82. The van der Waals surface area contributed by atoms with Crippen molar-refractivity contribution in [3.8, 4) is 0 Å². The number of nitrogens with one attached hydrogen (secondary N) is 2. The maximum atomic E-state index is 3.63. The van der Waals surface area contributed by atoms with E-state index in [0.717, 1.165) is 19.0 Å². The van der Waals surface area contributed by atoms with Crippen LogP contribution in [-0.4, -0.2) is 25.2 Å². The molecule has 96 valence electrons. The minimum absolute atomic E-state index is 0.629. The molecule has 1 fully saturated rings. The molecular weight excluding hydrogens is 228 g/mol. The highest BCUT2D eigenvalue weighted by Gasteiger charge is 2.15. The van der Waals surface area contributed by atoms with Crippen molar-refractivity contribution in [2.75, 3.05) is 13.1 Å². The molecule has 1 aliphatic heterocycles. The van der Waals surface area contributed by atoms with E-state index < -0.39 is 0 Å². The van der Waals surface area contributed by atoms with Gasteiger partial charge in [0.15, 0.2) is 0 Å². The van der Waals surface area contributed by atoms with Gasteiger partial charge in [0.2, 0.25) is 0 Å². The summed E-state index contributed by atoms with van der Waals surface area (Å²) < 4.78 is 0. The number of rotatable bonds is 6. The number of hydrogen-bond donors (Lipinski definition) is 2. The Balaban J connectivity index is 1.58. The average Bonchev–Trinajstić information content (AvgIpc) is 2.83. The van der Waals surface area contributed by atoms with Crippen molar-refractivity contribution in [1.29, 1.82) is 0 Å². The first-order valence-corrected chi connectivity index (χ1v) is 7.77. The van der Waals surface area contributed by atoms with Gasteiger partial charge in [-0.2, -0.15) is 11.3 Å². The molecule has 1 aromatic heterocycles. The zero-order valence-corrected chi connectivity index (χ0v) is 11.6. The summed E-state index contributed by atoms with van der Waals surface area (Å²) in [4.78, 5) is 0. The zero-order chi connectivity index (χ0) is 11.9. The summed E-state index contributed by atoms with van der Waals surface area (Å²) in [6.07, 6.45) is 6.54. The van der Waals surface area contributed by atoms with Gasteiger partial charge in [-0.25, -0.2) is 0 Å². The highest BCUT2D eigenvalue weighted by atomic mass is 32.1. The summed E-state index contributed by atoms with van der Waals surface area (Å²) in [6.45, 7) is 4.63. The van der Waals surface area contributed by atoms with Crippen molar-refractivity contribution >= 4 is 11.3 Å². The maximum Gasteiger partial charge on any atom is 0.00817 e. The molecule has 0 saturated carbocycles. The minimum atomic E-state index is 0.629. The van der Waals surface area contributed by atoms with Crippen molar-refractivity contribution in [3.05, 3.63) is 22.4 Å². The van der Waals surface area contributed by atoms with Crippen LogP contribution in [0.4, 0.5) is 0 Å². The Bertz CT molecular complexity index is 291. The summed E-state index contributed by atoms with van der Waals surface area (Å²) in [5.41, 5.74) is 1.46. The minimum Gasteiger partial charge on any atom is -0.314 e. The van der Waals surface area contributed by atoms with Crippen LogP contribution < -0.4 is 10.6 Å². The number of thiophene rings is 1. The van der Waals surface area contributed by atoms with Gasteiger partial charge in [-0.05, 0) is 68.1 Å². The molecular formula is C14H24N2S. The highest BCUT2D eigenvalue weighted by Crippen LogP contribution is 2.12. The molecule has 2 rings (SSSR count). The van der Waals surface area contributed by atoms with Gasteiger partial charge in [-0.3, -0.25) is 0 Å². The smallest absolute Gasteiger partial charge is 0.00817 e. The Morgan fingerprint density at radius 1 is 1.53 bits per heavy atom. The molecule has 2 heterocycles. The van der Waals surface area contributed by atoms with E-state index in [1.165, 1.54) is 37.8 Å². The third-order valence-electron chi connectivity index (χ3n) is 3.54. The van der Waals surface area contributed by atoms with Gasteiger partial charge in [-0.1, -0.05) is 6.42 Å². The lowest BCUT2D eigenvalue weighted by Gasteiger charge is -2.26. The molecule has 1 aromatic rings. The van der Waals surface area contributed by atoms with E-state index in [9.17, 15) is 0 Å². The summed E-state index contributed by atoms with van der Waals surface area (Å²) in [5.74, 6) is 0. The van der Waals surface area contributed by atoms with Crippen LogP contribution >= 0.6 is 11.3 Å². The van der Waals surface area contributed by atoms with Crippen LogP contribution in [0.3, 0.4) is 0 Å². The van der Waals surface area contributed by atoms with Gasteiger partial charge in [0.1, 0.15) is 0 Å². The van der Waals surface area contributed by atoms with Gasteiger partial charge in [0.25, 0.3) is 0 Å². The fourth-order valence-corrected chi connectivity index (χ4v) is 3.24. The molecule has 1 saturated heterocycles. The van der Waals surface area contributed by atoms with Crippen LogP contribution in [0.1, 0.15) is 38.2 Å². The maximum absolute atomic E-state index is 3.63. The molecule has 0 aliphatic carbocycles. The summed E-state index contributed by atoms with van der Waals surface area (Å²) in [6, 6.07) is 3.59. The summed E-state index contributed by atoms with van der Waals surface area (Å²) >= 11 is 1.79. The van der Waals surface area contributed by atoms with Gasteiger partial charge >= 0.3 is 0 Å². The van der Waals surface area contributed by atoms with Crippen molar-refractivity contribution in [2.45, 2.75) is 51.1 Å². The molecule has 1 aliphatic rings. The van der Waals surface area contributed by atoms with Crippen molar-refractivity contribution in [1.82, 2.24) is 10.6 Å². The van der Waals surface area contributed by atoms with Gasteiger partial charge in [0, 0.05) is 12.1 Å². The Labute approximate surface area is 109 Å². The molecule has 17 heavy (non-hydrogen) atoms. The molecule has 2 N–H and O–H groups in total. The van der Waals surface area contributed by atoms with Crippen LogP contribution in [0.25, 0.3) is 0 Å². The largest absolute Gasteiger partial charge is 0.314 e. The first-order chi connectivity index (χ1) is 8.34. The van der Waals surface area contributed by atoms with Crippen LogP contribution in [0, 0.1) is 0 Å². The van der Waals surface area contributed by atoms with Crippen LogP contribution in [0.2, 0.25) is 0 Å². The standard InChI is InChI=1S/C14H24N2S/c1-12(10-14-4-2-3-7-16-14)15-8-5-13-6-9-17-11-13/h6,9,11-12,14-16H,2-5,7-8,10H2,1H3. The number of piperidine rings is 1. The van der Waals surface area contributed by atoms with Crippen LogP contribution in [0.15, 0.2) is 16.8 Å². The third-order valence-corrected chi connectivity index (χ3v) is 4.27. The van der Waals surface area contributed by atoms with E-state index in [4.69, 9.17) is 0 Å². The quantitative estimate of drug-likeness (QED) is 0.813. The molecule has 3 heteroatoms. The lowest BCUT2D eigenvalue weighted by molar-refractivity contribution is 0.346. The fourth-order valence-electron chi connectivity index (χ4n) is 2.53. The Kier molecular flexibility index (Phi) is 5.49. The SMILES string of the molecule is CC(CC1CCCCN1)NCCc1ccsc1. The zero-order valence-electron chi connectivity index (χ0n) is 10.7. The molecule has 2 nitrogen and oxygen atoms in total. The van der Waals surface area contributed by atoms with Crippen molar-refractivity contribution in [3.63, 3.8) is 0 Å². The third kappa shape index (κ3) is 4.78. The first kappa shape index (κ1) is 13.1. The van der Waals surface area contributed by atoms with Crippen molar-refractivity contribution in [2.24, 2.45) is 0 Å². The monoisotopic (exact) mass is 252 g/mol. The molecule has 0 bridgehead atoms. The molecule has 2 unspecified atom stereocenters. The summed E-state index contributed by atoms with van der Waals surface area (Å²) in [5, 5.41) is 11.7. The molecule has 0 radical (unpaired) electrons. The van der Waals surface area contributed by atoms with E-state index in [2.05, 4.69) is 34.4 Å². The van der Waals surface area contributed by atoms with E-state index in [-0.39, 0.29) is 0 Å². The fraction of sp³-hybridized carbons (Fsp3) is 0.714. The van der Waals surface area contributed by atoms with Gasteiger partial charge in [0.05, 0.1) is 0 Å². The molecule has 0 amide bonds. The van der Waals surface area contributed by atoms with E-state index in [1.807, 2.05) is 0 Å². The predicted molar refractivity (Wildman–Crippen MR) is 75.7 cm³/mol. The van der Waals surface area contributed by atoms with E-state index in [0.29, 0.717) is 6.04 Å². The Morgan fingerprint density at radius 3 is 3.18 bits per heavy atom. The van der Waals surface area contributed by atoms with Crippen LogP contribution in [0.5, 0.6) is 0 Å². The molecule has 2 atom stereocenters. The van der Waals surface area contributed by atoms with Gasteiger partial charge in [-0.15, -0.1) is 0 Å². The second-order valence-corrected chi connectivity index (χ2v) is 5.90. The molecule has 0 aromatic carbocycles. The lowest BCUT2D eigenvalue weighted by atomic mass is 9.99.